The monoisotopic (exact) mass is 284 g/mol. The molecular formula is C15H21ClO3. The molecule has 1 aliphatic rings. The Hall–Kier alpha value is -0.770. The predicted octanol–water partition coefficient (Wildman–Crippen LogP) is 3.43. The van der Waals surface area contributed by atoms with Crippen LogP contribution in [0.15, 0.2) is 24.3 Å². The molecule has 0 saturated carbocycles. The van der Waals surface area contributed by atoms with E-state index >= 15 is 0 Å². The topological polar surface area (TPSA) is 38.7 Å². The first-order valence-electron chi connectivity index (χ1n) is 6.87. The number of halogens is 1. The van der Waals surface area contributed by atoms with Crippen molar-refractivity contribution in [3.8, 4) is 5.75 Å². The largest absolute Gasteiger partial charge is 0.488 e. The van der Waals surface area contributed by atoms with E-state index in [2.05, 4.69) is 0 Å². The highest BCUT2D eigenvalue weighted by Crippen LogP contribution is 2.22. The number of rotatable bonds is 6. The van der Waals surface area contributed by atoms with Gasteiger partial charge in [-0.25, -0.2) is 0 Å². The summed E-state index contributed by atoms with van der Waals surface area (Å²) in [6, 6.07) is 7.23. The summed E-state index contributed by atoms with van der Waals surface area (Å²) >= 11 is 5.90. The van der Waals surface area contributed by atoms with Crippen LogP contribution in [0.4, 0.5) is 0 Å². The van der Waals surface area contributed by atoms with Gasteiger partial charge in [-0.1, -0.05) is 17.7 Å². The van der Waals surface area contributed by atoms with Gasteiger partial charge in [-0.05, 0) is 50.8 Å². The lowest BCUT2D eigenvalue weighted by atomic mass is 10.0. The second-order valence-electron chi connectivity index (χ2n) is 5.06. The van der Waals surface area contributed by atoms with Crippen LogP contribution in [-0.2, 0) is 4.74 Å². The number of hydrogen-bond donors (Lipinski definition) is 1. The molecule has 106 valence electrons. The van der Waals surface area contributed by atoms with Crippen LogP contribution in [0.25, 0.3) is 0 Å². The van der Waals surface area contributed by atoms with Crippen molar-refractivity contribution in [3.05, 3.63) is 29.3 Å². The van der Waals surface area contributed by atoms with Gasteiger partial charge in [0.2, 0.25) is 0 Å². The van der Waals surface area contributed by atoms with Crippen LogP contribution >= 0.6 is 11.6 Å². The Morgan fingerprint density at radius 2 is 2.37 bits per heavy atom. The Morgan fingerprint density at radius 1 is 1.53 bits per heavy atom. The van der Waals surface area contributed by atoms with Gasteiger partial charge in [0.15, 0.2) is 0 Å². The average Bonchev–Trinajstić information content (AvgIpc) is 2.89. The van der Waals surface area contributed by atoms with Crippen LogP contribution in [0.1, 0.15) is 32.6 Å². The molecule has 3 nitrogen and oxygen atoms in total. The number of benzene rings is 1. The van der Waals surface area contributed by atoms with Gasteiger partial charge in [0.1, 0.15) is 11.9 Å². The molecule has 1 N–H and O–H groups in total. The molecule has 0 spiro atoms. The first-order valence-corrected chi connectivity index (χ1v) is 7.25. The molecule has 0 radical (unpaired) electrons. The van der Waals surface area contributed by atoms with Crippen molar-refractivity contribution in [1.29, 1.82) is 0 Å². The maximum Gasteiger partial charge on any atom is 0.122 e. The molecule has 0 aromatic heterocycles. The Labute approximate surface area is 119 Å². The van der Waals surface area contributed by atoms with Gasteiger partial charge in [0.05, 0.1) is 12.2 Å². The Bertz CT molecular complexity index is 391. The van der Waals surface area contributed by atoms with Gasteiger partial charge in [-0.2, -0.15) is 0 Å². The lowest BCUT2D eigenvalue weighted by molar-refractivity contribution is 0.0249. The maximum atomic E-state index is 10.1. The van der Waals surface area contributed by atoms with Crippen LogP contribution in [0.3, 0.4) is 0 Å². The zero-order valence-corrected chi connectivity index (χ0v) is 12.0. The second-order valence-corrected chi connectivity index (χ2v) is 5.50. The minimum Gasteiger partial charge on any atom is -0.488 e. The third-order valence-electron chi connectivity index (χ3n) is 3.47. The minimum atomic E-state index is -0.483. The first-order chi connectivity index (χ1) is 9.15. The van der Waals surface area contributed by atoms with Crippen LogP contribution in [0.5, 0.6) is 5.75 Å². The van der Waals surface area contributed by atoms with Crippen LogP contribution in [-0.4, -0.2) is 30.0 Å². The van der Waals surface area contributed by atoms with E-state index in [1.54, 1.807) is 12.1 Å². The van der Waals surface area contributed by atoms with E-state index in [1.165, 1.54) is 0 Å². The van der Waals surface area contributed by atoms with E-state index in [-0.39, 0.29) is 6.10 Å². The number of aliphatic hydroxyl groups excluding tert-OH is 1. The number of ether oxygens (including phenoxy) is 2. The van der Waals surface area contributed by atoms with Crippen LogP contribution in [0, 0.1) is 0 Å². The standard InChI is InChI=1S/C15H21ClO3/c1-11(19-14-5-2-4-12(16)10-14)15(17)8-7-13-6-3-9-18-13/h2,4-5,10-11,13,15,17H,3,6-9H2,1H3. The summed E-state index contributed by atoms with van der Waals surface area (Å²) < 4.78 is 11.2. The molecule has 19 heavy (non-hydrogen) atoms. The normalized spacial score (nSPS) is 22.2. The smallest absolute Gasteiger partial charge is 0.122 e. The fourth-order valence-electron chi connectivity index (χ4n) is 2.30. The number of aliphatic hydroxyl groups is 1. The molecule has 1 aromatic rings. The maximum absolute atomic E-state index is 10.1. The highest BCUT2D eigenvalue weighted by Gasteiger charge is 2.21. The van der Waals surface area contributed by atoms with Gasteiger partial charge in [-0.3, -0.25) is 0 Å². The average molecular weight is 285 g/mol. The minimum absolute atomic E-state index is 0.250. The lowest BCUT2D eigenvalue weighted by Gasteiger charge is -2.21. The molecule has 0 bridgehead atoms. The molecule has 0 amide bonds. The lowest BCUT2D eigenvalue weighted by Crippen LogP contribution is -2.29. The molecule has 1 saturated heterocycles. The van der Waals surface area contributed by atoms with Gasteiger partial charge in [0, 0.05) is 11.6 Å². The van der Waals surface area contributed by atoms with E-state index in [0.29, 0.717) is 23.3 Å². The van der Waals surface area contributed by atoms with Crippen LogP contribution < -0.4 is 4.74 Å². The van der Waals surface area contributed by atoms with Crippen LogP contribution in [0.2, 0.25) is 5.02 Å². The Kier molecular flexibility index (Phi) is 5.49. The molecule has 3 atom stereocenters. The molecule has 1 heterocycles. The van der Waals surface area contributed by atoms with Crippen molar-refractivity contribution in [2.24, 2.45) is 0 Å². The fourth-order valence-corrected chi connectivity index (χ4v) is 2.48. The second kappa shape index (κ2) is 7.13. The summed E-state index contributed by atoms with van der Waals surface area (Å²) in [5.74, 6) is 0.691. The predicted molar refractivity (Wildman–Crippen MR) is 75.8 cm³/mol. The molecular weight excluding hydrogens is 264 g/mol. The summed E-state index contributed by atoms with van der Waals surface area (Å²) in [7, 11) is 0. The van der Waals surface area contributed by atoms with Crippen molar-refractivity contribution in [3.63, 3.8) is 0 Å². The van der Waals surface area contributed by atoms with E-state index in [4.69, 9.17) is 21.1 Å². The van der Waals surface area contributed by atoms with E-state index < -0.39 is 6.10 Å². The van der Waals surface area contributed by atoms with Crippen molar-refractivity contribution in [2.45, 2.75) is 50.9 Å². The van der Waals surface area contributed by atoms with Crippen molar-refractivity contribution in [1.82, 2.24) is 0 Å². The Balaban J connectivity index is 1.76. The molecule has 0 aliphatic carbocycles. The van der Waals surface area contributed by atoms with E-state index in [1.807, 2.05) is 19.1 Å². The SMILES string of the molecule is CC(Oc1cccc(Cl)c1)C(O)CCC1CCCO1. The van der Waals surface area contributed by atoms with Crippen molar-refractivity contribution in [2.75, 3.05) is 6.61 Å². The quantitative estimate of drug-likeness (QED) is 0.870. The van der Waals surface area contributed by atoms with E-state index in [9.17, 15) is 5.11 Å². The third-order valence-corrected chi connectivity index (χ3v) is 3.70. The molecule has 2 rings (SSSR count). The first kappa shape index (κ1) is 14.6. The van der Waals surface area contributed by atoms with Gasteiger partial charge in [-0.15, -0.1) is 0 Å². The zero-order chi connectivity index (χ0) is 13.7. The molecule has 1 fully saturated rings. The molecule has 1 aromatic carbocycles. The fraction of sp³-hybridized carbons (Fsp3) is 0.600. The van der Waals surface area contributed by atoms with Gasteiger partial charge in [0.25, 0.3) is 0 Å². The van der Waals surface area contributed by atoms with Crippen molar-refractivity contribution >= 4 is 11.6 Å². The van der Waals surface area contributed by atoms with E-state index in [0.717, 1.165) is 25.9 Å². The molecule has 1 aliphatic heterocycles. The Morgan fingerprint density at radius 3 is 3.05 bits per heavy atom. The highest BCUT2D eigenvalue weighted by molar-refractivity contribution is 6.30. The molecule has 4 heteroatoms. The summed E-state index contributed by atoms with van der Waals surface area (Å²) in [6.07, 6.45) is 3.42. The van der Waals surface area contributed by atoms with Crippen molar-refractivity contribution < 1.29 is 14.6 Å². The number of hydrogen-bond acceptors (Lipinski definition) is 3. The summed E-state index contributed by atoms with van der Waals surface area (Å²) in [4.78, 5) is 0. The highest BCUT2D eigenvalue weighted by atomic mass is 35.5. The van der Waals surface area contributed by atoms with Gasteiger partial charge < -0.3 is 14.6 Å². The summed E-state index contributed by atoms with van der Waals surface area (Å²) in [5, 5.41) is 10.7. The molecule has 3 unspecified atom stereocenters. The third kappa shape index (κ3) is 4.68. The summed E-state index contributed by atoms with van der Waals surface area (Å²) in [6.45, 7) is 2.73. The van der Waals surface area contributed by atoms with Gasteiger partial charge >= 0.3 is 0 Å². The summed E-state index contributed by atoms with van der Waals surface area (Å²) in [5.41, 5.74) is 0. The zero-order valence-electron chi connectivity index (χ0n) is 11.2.